The van der Waals surface area contributed by atoms with Crippen LogP contribution < -0.4 is 4.74 Å². The maximum absolute atomic E-state index is 10.5. The molecule has 1 aliphatic heterocycles. The zero-order chi connectivity index (χ0) is 13.1. The van der Waals surface area contributed by atoms with Crippen molar-refractivity contribution in [2.75, 3.05) is 20.2 Å². The monoisotopic (exact) mass is 251 g/mol. The molecule has 18 heavy (non-hydrogen) atoms. The second-order valence-corrected chi connectivity index (χ2v) is 4.53. The fourth-order valence-electron chi connectivity index (χ4n) is 2.18. The van der Waals surface area contributed by atoms with E-state index in [2.05, 4.69) is 4.90 Å². The molecule has 0 saturated heterocycles. The first kappa shape index (κ1) is 12.7. The van der Waals surface area contributed by atoms with Gasteiger partial charge >= 0.3 is 5.97 Å². The summed E-state index contributed by atoms with van der Waals surface area (Å²) in [7, 11) is 1.96. The topological polar surface area (TPSA) is 70.0 Å². The van der Waals surface area contributed by atoms with E-state index in [1.807, 2.05) is 13.1 Å². The fraction of sp³-hybridized carbons (Fsp3) is 0.462. The number of carbonyl (C=O) groups is 1. The number of carboxylic acid groups (broad SMARTS) is 1. The molecule has 0 saturated carbocycles. The largest absolute Gasteiger partial charge is 0.508 e. The van der Waals surface area contributed by atoms with Gasteiger partial charge in [0.15, 0.2) is 0 Å². The number of hydrogen-bond acceptors (Lipinski definition) is 4. The van der Waals surface area contributed by atoms with Crippen LogP contribution in [0.3, 0.4) is 0 Å². The molecule has 5 nitrogen and oxygen atoms in total. The van der Waals surface area contributed by atoms with Gasteiger partial charge in [-0.25, -0.2) is 0 Å². The predicted octanol–water partition coefficient (Wildman–Crippen LogP) is 1.62. The number of ether oxygens (including phenoxy) is 1. The third-order valence-corrected chi connectivity index (χ3v) is 3.19. The molecule has 0 aliphatic carbocycles. The summed E-state index contributed by atoms with van der Waals surface area (Å²) in [5.74, 6) is 0.143. The summed E-state index contributed by atoms with van der Waals surface area (Å²) in [6.07, 6.45) is 0.802. The molecule has 1 heterocycles. The molecule has 2 rings (SSSR count). The summed E-state index contributed by atoms with van der Waals surface area (Å²) in [5, 5.41) is 18.0. The number of phenols is 1. The lowest BCUT2D eigenvalue weighted by atomic mass is 10.1. The molecule has 1 aliphatic rings. The van der Waals surface area contributed by atoms with Crippen molar-refractivity contribution >= 4 is 5.97 Å². The van der Waals surface area contributed by atoms with Crippen LogP contribution in [-0.2, 0) is 4.79 Å². The lowest BCUT2D eigenvalue weighted by Crippen LogP contribution is -2.27. The van der Waals surface area contributed by atoms with Crippen molar-refractivity contribution in [2.24, 2.45) is 0 Å². The Labute approximate surface area is 106 Å². The van der Waals surface area contributed by atoms with Crippen molar-refractivity contribution in [2.45, 2.75) is 18.9 Å². The molecule has 98 valence electrons. The number of fused-ring (bicyclic) bond motifs is 1. The fourth-order valence-corrected chi connectivity index (χ4v) is 2.18. The Hall–Kier alpha value is -1.75. The molecule has 0 amide bonds. The molecule has 1 atom stereocenters. The summed E-state index contributed by atoms with van der Waals surface area (Å²) >= 11 is 0. The number of hydrogen-bond donors (Lipinski definition) is 2. The molecule has 1 aromatic rings. The van der Waals surface area contributed by atoms with Crippen LogP contribution in [0.25, 0.3) is 0 Å². The number of likely N-dealkylation sites (N-methyl/N-ethyl adjacent to an activating group) is 1. The van der Waals surface area contributed by atoms with Crippen molar-refractivity contribution in [1.29, 1.82) is 0 Å². The van der Waals surface area contributed by atoms with Crippen molar-refractivity contribution in [3.63, 3.8) is 0 Å². The molecule has 5 heteroatoms. The number of carboxylic acids is 1. The molecule has 0 radical (unpaired) electrons. The molecule has 0 aromatic heterocycles. The molecule has 2 N–H and O–H groups in total. The normalized spacial score (nSPS) is 17.6. The quantitative estimate of drug-likeness (QED) is 0.832. The number of aliphatic carboxylic acids is 1. The van der Waals surface area contributed by atoms with Crippen molar-refractivity contribution in [3.05, 3.63) is 23.8 Å². The molecular weight excluding hydrogens is 234 g/mol. The SMILES string of the molecule is CN(CCCC(=O)O)C1COc2cc(O)ccc21. The van der Waals surface area contributed by atoms with E-state index < -0.39 is 5.97 Å². The number of nitrogens with zero attached hydrogens (tertiary/aromatic N) is 1. The van der Waals surface area contributed by atoms with Crippen LogP contribution in [0.2, 0.25) is 0 Å². The maximum atomic E-state index is 10.5. The van der Waals surface area contributed by atoms with Gasteiger partial charge in [0.1, 0.15) is 18.1 Å². The average Bonchev–Trinajstić information content (AvgIpc) is 2.71. The third-order valence-electron chi connectivity index (χ3n) is 3.19. The average molecular weight is 251 g/mol. The minimum atomic E-state index is -0.767. The third kappa shape index (κ3) is 2.73. The first-order chi connectivity index (χ1) is 8.58. The highest BCUT2D eigenvalue weighted by Crippen LogP contribution is 2.37. The molecule has 0 spiro atoms. The van der Waals surface area contributed by atoms with E-state index in [0.29, 0.717) is 25.3 Å². The van der Waals surface area contributed by atoms with E-state index in [0.717, 1.165) is 5.56 Å². The molecule has 1 unspecified atom stereocenters. The Morgan fingerprint density at radius 1 is 1.56 bits per heavy atom. The number of rotatable bonds is 5. The van der Waals surface area contributed by atoms with E-state index in [1.165, 1.54) is 0 Å². The van der Waals surface area contributed by atoms with Crippen LogP contribution in [0, 0.1) is 0 Å². The van der Waals surface area contributed by atoms with Crippen LogP contribution in [-0.4, -0.2) is 41.3 Å². The number of aromatic hydroxyl groups is 1. The van der Waals surface area contributed by atoms with Crippen LogP contribution in [0.5, 0.6) is 11.5 Å². The Morgan fingerprint density at radius 2 is 2.33 bits per heavy atom. The zero-order valence-electron chi connectivity index (χ0n) is 10.3. The first-order valence-electron chi connectivity index (χ1n) is 5.95. The Balaban J connectivity index is 1.97. The van der Waals surface area contributed by atoms with Gasteiger partial charge in [-0.3, -0.25) is 9.69 Å². The van der Waals surface area contributed by atoms with Gasteiger partial charge in [-0.05, 0) is 32.1 Å². The van der Waals surface area contributed by atoms with Gasteiger partial charge in [-0.15, -0.1) is 0 Å². The Bertz CT molecular complexity index is 447. The van der Waals surface area contributed by atoms with Crippen LogP contribution in [0.15, 0.2) is 18.2 Å². The lowest BCUT2D eigenvalue weighted by molar-refractivity contribution is -0.137. The zero-order valence-corrected chi connectivity index (χ0v) is 10.3. The second kappa shape index (κ2) is 5.27. The Morgan fingerprint density at radius 3 is 3.06 bits per heavy atom. The minimum Gasteiger partial charge on any atom is -0.508 e. The molecule has 0 fully saturated rings. The van der Waals surface area contributed by atoms with Crippen LogP contribution in [0.4, 0.5) is 0 Å². The smallest absolute Gasteiger partial charge is 0.303 e. The summed E-state index contributed by atoms with van der Waals surface area (Å²) in [6, 6.07) is 5.25. The summed E-state index contributed by atoms with van der Waals surface area (Å²) in [4.78, 5) is 12.6. The minimum absolute atomic E-state index is 0.134. The first-order valence-corrected chi connectivity index (χ1v) is 5.95. The van der Waals surface area contributed by atoms with Gasteiger partial charge in [-0.2, -0.15) is 0 Å². The van der Waals surface area contributed by atoms with E-state index in [9.17, 15) is 9.90 Å². The van der Waals surface area contributed by atoms with Gasteiger partial charge in [0, 0.05) is 18.1 Å². The van der Waals surface area contributed by atoms with E-state index in [1.54, 1.807) is 12.1 Å². The standard InChI is InChI=1S/C13H17NO4/c1-14(6-2-3-13(16)17)11-8-18-12-7-9(15)4-5-10(11)12/h4-5,7,11,15H,2-3,6,8H2,1H3,(H,16,17). The maximum Gasteiger partial charge on any atom is 0.303 e. The summed E-state index contributed by atoms with van der Waals surface area (Å²) < 4.78 is 5.52. The highest BCUT2D eigenvalue weighted by Gasteiger charge is 2.27. The van der Waals surface area contributed by atoms with Crippen molar-refractivity contribution in [3.8, 4) is 11.5 Å². The molecular formula is C13H17NO4. The van der Waals surface area contributed by atoms with E-state index in [-0.39, 0.29) is 18.2 Å². The van der Waals surface area contributed by atoms with E-state index in [4.69, 9.17) is 9.84 Å². The van der Waals surface area contributed by atoms with Gasteiger partial charge in [0.25, 0.3) is 0 Å². The van der Waals surface area contributed by atoms with Crippen molar-refractivity contribution in [1.82, 2.24) is 4.90 Å². The Kier molecular flexibility index (Phi) is 3.72. The van der Waals surface area contributed by atoms with Gasteiger partial charge in [-0.1, -0.05) is 0 Å². The van der Waals surface area contributed by atoms with E-state index >= 15 is 0 Å². The van der Waals surface area contributed by atoms with Gasteiger partial charge in [0.2, 0.25) is 0 Å². The summed E-state index contributed by atoms with van der Waals surface area (Å²) in [6.45, 7) is 1.25. The predicted molar refractivity (Wildman–Crippen MR) is 65.8 cm³/mol. The van der Waals surface area contributed by atoms with Gasteiger partial charge < -0.3 is 14.9 Å². The highest BCUT2D eigenvalue weighted by molar-refractivity contribution is 5.66. The highest BCUT2D eigenvalue weighted by atomic mass is 16.5. The molecule has 0 bridgehead atoms. The molecule has 1 aromatic carbocycles. The summed E-state index contributed by atoms with van der Waals surface area (Å²) in [5.41, 5.74) is 1.05. The van der Waals surface area contributed by atoms with Crippen LogP contribution >= 0.6 is 0 Å². The van der Waals surface area contributed by atoms with Gasteiger partial charge in [0.05, 0.1) is 6.04 Å². The number of phenolic OH excluding ortho intramolecular Hbond substituents is 1. The van der Waals surface area contributed by atoms with Crippen molar-refractivity contribution < 1.29 is 19.7 Å². The lowest BCUT2D eigenvalue weighted by Gasteiger charge is -2.22. The second-order valence-electron chi connectivity index (χ2n) is 4.53. The number of benzene rings is 1. The van der Waals surface area contributed by atoms with Crippen LogP contribution in [0.1, 0.15) is 24.4 Å².